The number of amides is 1. The van der Waals surface area contributed by atoms with Crippen molar-refractivity contribution in [3.05, 3.63) is 53.8 Å². The molecule has 0 spiro atoms. The molecule has 2 aromatic rings. The quantitative estimate of drug-likeness (QED) is 0.616. The van der Waals surface area contributed by atoms with E-state index in [0.717, 1.165) is 22.2 Å². The Hall–Kier alpha value is -2.81. The molecular weight excluding hydrogens is 411 g/mol. The summed E-state index contributed by atoms with van der Waals surface area (Å²) >= 11 is 0. The Balaban J connectivity index is 2.18. The number of carbonyl (C=O) groups excluding carboxylic acids is 1. The Bertz CT molecular complexity index is 981. The summed E-state index contributed by atoms with van der Waals surface area (Å²) in [7, 11) is -3.90. The second-order valence-electron chi connectivity index (χ2n) is 6.55. The highest BCUT2D eigenvalue weighted by Crippen LogP contribution is 2.29. The van der Waals surface area contributed by atoms with Crippen molar-refractivity contribution in [2.45, 2.75) is 33.4 Å². The fourth-order valence-electron chi connectivity index (χ4n) is 2.95. The summed E-state index contributed by atoms with van der Waals surface area (Å²) in [5.41, 5.74) is 0.571. The number of benzene rings is 2. The monoisotopic (exact) mass is 438 g/mol. The number of carbonyl (C=O) groups is 1. The minimum absolute atomic E-state index is 0.143. The van der Waals surface area contributed by atoms with Gasteiger partial charge in [0.15, 0.2) is 11.5 Å². The Labute approximate surface area is 176 Å². The van der Waals surface area contributed by atoms with Crippen molar-refractivity contribution in [1.82, 2.24) is 5.32 Å². The van der Waals surface area contributed by atoms with Crippen LogP contribution in [-0.4, -0.2) is 39.8 Å². The maximum atomic E-state index is 14.2. The third-order valence-electron chi connectivity index (χ3n) is 4.25. The third kappa shape index (κ3) is 5.85. The number of rotatable bonds is 10. The van der Waals surface area contributed by atoms with Crippen LogP contribution in [0.3, 0.4) is 0 Å². The molecule has 0 aromatic heterocycles. The van der Waals surface area contributed by atoms with E-state index in [1.165, 1.54) is 25.1 Å². The highest BCUT2D eigenvalue weighted by molar-refractivity contribution is 7.92. The van der Waals surface area contributed by atoms with Crippen molar-refractivity contribution < 1.29 is 27.1 Å². The Kier molecular flexibility index (Phi) is 8.05. The molecule has 1 amide bonds. The van der Waals surface area contributed by atoms with Gasteiger partial charge in [-0.25, -0.2) is 12.8 Å². The maximum absolute atomic E-state index is 14.2. The number of nitrogens with zero attached hydrogens (tertiary/aromatic N) is 1. The number of para-hydroxylation sites is 1. The molecule has 0 radical (unpaired) electrons. The lowest BCUT2D eigenvalue weighted by molar-refractivity contribution is -0.122. The highest BCUT2D eigenvalue weighted by atomic mass is 32.2. The number of anilines is 1. The molecule has 7 nitrogen and oxygen atoms in total. The van der Waals surface area contributed by atoms with E-state index >= 15 is 0 Å². The third-order valence-corrected chi connectivity index (χ3v) is 5.48. The molecule has 30 heavy (non-hydrogen) atoms. The lowest BCUT2D eigenvalue weighted by Gasteiger charge is -2.28. The SMILES string of the molecule is CCOc1ccc(CNC(=O)[C@@H](C)N(c2ccccc2F)S(C)(=O)=O)cc1OCC. The summed E-state index contributed by atoms with van der Waals surface area (Å²) in [6, 6.07) is 9.57. The van der Waals surface area contributed by atoms with Gasteiger partial charge in [-0.05, 0) is 50.6 Å². The van der Waals surface area contributed by atoms with Gasteiger partial charge in [0.05, 0.1) is 25.2 Å². The second-order valence-corrected chi connectivity index (χ2v) is 8.41. The van der Waals surface area contributed by atoms with E-state index in [0.29, 0.717) is 24.7 Å². The van der Waals surface area contributed by atoms with Crippen molar-refractivity contribution in [2.75, 3.05) is 23.8 Å². The number of ether oxygens (including phenoxy) is 2. The van der Waals surface area contributed by atoms with Crippen LogP contribution in [-0.2, 0) is 21.4 Å². The van der Waals surface area contributed by atoms with Gasteiger partial charge >= 0.3 is 0 Å². The average Bonchev–Trinajstić information content (AvgIpc) is 2.68. The summed E-state index contributed by atoms with van der Waals surface area (Å²) < 4.78 is 50.6. The number of halogens is 1. The number of sulfonamides is 1. The predicted octanol–water partition coefficient (Wildman–Crippen LogP) is 3.09. The molecule has 2 aromatic carbocycles. The first-order chi connectivity index (χ1) is 14.2. The highest BCUT2D eigenvalue weighted by Gasteiger charge is 2.30. The Morgan fingerprint density at radius 3 is 2.33 bits per heavy atom. The fourth-order valence-corrected chi connectivity index (χ4v) is 4.13. The Morgan fingerprint density at radius 2 is 1.73 bits per heavy atom. The molecule has 164 valence electrons. The van der Waals surface area contributed by atoms with Crippen LogP contribution in [0, 0.1) is 5.82 Å². The summed E-state index contributed by atoms with van der Waals surface area (Å²) in [5, 5.41) is 2.70. The zero-order valence-corrected chi connectivity index (χ0v) is 18.3. The van der Waals surface area contributed by atoms with Crippen LogP contribution >= 0.6 is 0 Å². The first-order valence-electron chi connectivity index (χ1n) is 9.59. The minimum atomic E-state index is -3.90. The lowest BCUT2D eigenvalue weighted by Crippen LogP contribution is -2.48. The zero-order valence-electron chi connectivity index (χ0n) is 17.5. The van der Waals surface area contributed by atoms with Crippen LogP contribution in [0.15, 0.2) is 42.5 Å². The van der Waals surface area contributed by atoms with E-state index in [9.17, 15) is 17.6 Å². The fraction of sp³-hybridized carbons (Fsp3) is 0.381. The molecule has 2 rings (SSSR count). The largest absolute Gasteiger partial charge is 0.490 e. The molecule has 0 aliphatic rings. The molecule has 1 N–H and O–H groups in total. The van der Waals surface area contributed by atoms with Gasteiger partial charge in [0.2, 0.25) is 15.9 Å². The van der Waals surface area contributed by atoms with Crippen molar-refractivity contribution in [1.29, 1.82) is 0 Å². The molecule has 0 bridgehead atoms. The molecule has 0 aliphatic carbocycles. The Morgan fingerprint density at radius 1 is 1.10 bits per heavy atom. The average molecular weight is 439 g/mol. The maximum Gasteiger partial charge on any atom is 0.243 e. The van der Waals surface area contributed by atoms with Crippen LogP contribution in [0.1, 0.15) is 26.3 Å². The van der Waals surface area contributed by atoms with Crippen LogP contribution in [0.25, 0.3) is 0 Å². The summed E-state index contributed by atoms with van der Waals surface area (Å²) in [6.45, 7) is 6.23. The molecule has 0 aliphatic heterocycles. The van der Waals surface area contributed by atoms with Gasteiger partial charge in [0.25, 0.3) is 0 Å². The summed E-state index contributed by atoms with van der Waals surface area (Å²) in [5.74, 6) is -0.125. The van der Waals surface area contributed by atoms with E-state index in [2.05, 4.69) is 5.32 Å². The van der Waals surface area contributed by atoms with E-state index < -0.39 is 27.8 Å². The number of hydrogen-bond donors (Lipinski definition) is 1. The van der Waals surface area contributed by atoms with E-state index in [1.54, 1.807) is 18.2 Å². The standard InChI is InChI=1S/C21H27FN2O5S/c1-5-28-19-12-11-16(13-20(19)29-6-2)14-23-21(25)15(3)24(30(4,26)27)18-10-8-7-9-17(18)22/h7-13,15H,5-6,14H2,1-4H3,(H,23,25)/t15-/m1/s1. The van der Waals surface area contributed by atoms with Gasteiger partial charge in [-0.3, -0.25) is 9.10 Å². The topological polar surface area (TPSA) is 84.9 Å². The van der Waals surface area contributed by atoms with Gasteiger partial charge in [-0.2, -0.15) is 0 Å². The van der Waals surface area contributed by atoms with Crippen LogP contribution in [0.4, 0.5) is 10.1 Å². The lowest BCUT2D eigenvalue weighted by atomic mass is 10.2. The van der Waals surface area contributed by atoms with Crippen LogP contribution in [0.2, 0.25) is 0 Å². The van der Waals surface area contributed by atoms with Crippen LogP contribution < -0.4 is 19.1 Å². The first-order valence-corrected chi connectivity index (χ1v) is 11.4. The van der Waals surface area contributed by atoms with E-state index in [-0.39, 0.29) is 12.2 Å². The first kappa shape index (κ1) is 23.5. The zero-order chi connectivity index (χ0) is 22.3. The molecule has 0 fully saturated rings. The van der Waals surface area contributed by atoms with Gasteiger partial charge in [-0.1, -0.05) is 18.2 Å². The van der Waals surface area contributed by atoms with Gasteiger partial charge in [0.1, 0.15) is 11.9 Å². The van der Waals surface area contributed by atoms with E-state index in [1.807, 2.05) is 13.8 Å². The minimum Gasteiger partial charge on any atom is -0.490 e. The molecule has 0 unspecified atom stereocenters. The molecule has 1 atom stereocenters. The number of nitrogens with one attached hydrogen (secondary N) is 1. The molecule has 0 saturated carbocycles. The van der Waals surface area contributed by atoms with Crippen molar-refractivity contribution >= 4 is 21.6 Å². The normalized spacial score (nSPS) is 12.2. The number of hydrogen-bond acceptors (Lipinski definition) is 5. The van der Waals surface area contributed by atoms with Crippen molar-refractivity contribution in [2.24, 2.45) is 0 Å². The summed E-state index contributed by atoms with van der Waals surface area (Å²) in [4.78, 5) is 12.7. The molecular formula is C21H27FN2O5S. The van der Waals surface area contributed by atoms with Crippen molar-refractivity contribution in [3.63, 3.8) is 0 Å². The van der Waals surface area contributed by atoms with E-state index in [4.69, 9.17) is 9.47 Å². The van der Waals surface area contributed by atoms with Gasteiger partial charge in [0, 0.05) is 6.54 Å². The predicted molar refractivity (Wildman–Crippen MR) is 114 cm³/mol. The second kappa shape index (κ2) is 10.3. The molecule has 0 heterocycles. The smallest absolute Gasteiger partial charge is 0.243 e. The van der Waals surface area contributed by atoms with Crippen LogP contribution in [0.5, 0.6) is 11.5 Å². The summed E-state index contributed by atoms with van der Waals surface area (Å²) in [6.07, 6.45) is 0.935. The van der Waals surface area contributed by atoms with Gasteiger partial charge in [-0.15, -0.1) is 0 Å². The van der Waals surface area contributed by atoms with Gasteiger partial charge < -0.3 is 14.8 Å². The molecule has 0 saturated heterocycles. The van der Waals surface area contributed by atoms with Crippen molar-refractivity contribution in [3.8, 4) is 11.5 Å². The molecule has 9 heteroatoms.